The maximum Gasteiger partial charge on any atom is 0.296 e. The highest BCUT2D eigenvalue weighted by Gasteiger charge is 2.29. The number of rotatable bonds is 3. The molecule has 0 saturated heterocycles. The van der Waals surface area contributed by atoms with Gasteiger partial charge in [-0.1, -0.05) is 23.7 Å². The number of hydrogen-bond acceptors (Lipinski definition) is 6. The predicted molar refractivity (Wildman–Crippen MR) is 121 cm³/mol. The number of halogens is 1. The van der Waals surface area contributed by atoms with Crippen LogP contribution in [0.5, 0.6) is 5.75 Å². The summed E-state index contributed by atoms with van der Waals surface area (Å²) in [7, 11) is 1.57. The fourth-order valence-electron chi connectivity index (χ4n) is 4.16. The van der Waals surface area contributed by atoms with Crippen molar-refractivity contribution in [2.75, 3.05) is 0 Å². The van der Waals surface area contributed by atoms with Crippen LogP contribution in [0.15, 0.2) is 51.7 Å². The van der Waals surface area contributed by atoms with Crippen molar-refractivity contribution in [1.29, 1.82) is 0 Å². The molecule has 160 valence electrons. The van der Waals surface area contributed by atoms with Gasteiger partial charge in [0, 0.05) is 18.1 Å². The average molecular weight is 448 g/mol. The summed E-state index contributed by atoms with van der Waals surface area (Å²) in [5.41, 5.74) is 2.19. The highest BCUT2D eigenvalue weighted by molar-refractivity contribution is 6.31. The minimum absolute atomic E-state index is 0.0253. The molecule has 1 N–H and O–H groups in total. The molecule has 8 nitrogen and oxygen atoms in total. The van der Waals surface area contributed by atoms with E-state index in [2.05, 4.69) is 14.5 Å². The number of aromatic hydroxyl groups is 1. The molecule has 0 aliphatic heterocycles. The van der Waals surface area contributed by atoms with Crippen LogP contribution in [0.1, 0.15) is 25.3 Å². The Morgan fingerprint density at radius 1 is 1.06 bits per heavy atom. The third kappa shape index (κ3) is 2.76. The number of nitrogens with zero attached hydrogens (tertiary/aromatic N) is 5. The first-order chi connectivity index (χ1) is 15.5. The summed E-state index contributed by atoms with van der Waals surface area (Å²) in [4.78, 5) is 26.8. The first-order valence-electron chi connectivity index (χ1n) is 10.3. The molecule has 1 saturated carbocycles. The number of imidazole rings is 1. The van der Waals surface area contributed by atoms with E-state index in [4.69, 9.17) is 21.0 Å². The van der Waals surface area contributed by atoms with Gasteiger partial charge < -0.3 is 14.1 Å². The average Bonchev–Trinajstić information content (AvgIpc) is 3.33. The van der Waals surface area contributed by atoms with Crippen LogP contribution in [0.2, 0.25) is 5.02 Å². The summed E-state index contributed by atoms with van der Waals surface area (Å²) >= 11 is 6.05. The molecule has 2 aromatic carbocycles. The lowest BCUT2D eigenvalue weighted by Gasteiger charge is -2.29. The van der Waals surface area contributed by atoms with Crippen LogP contribution >= 0.6 is 11.6 Å². The summed E-state index contributed by atoms with van der Waals surface area (Å²) in [5, 5.41) is 11.1. The molecule has 32 heavy (non-hydrogen) atoms. The van der Waals surface area contributed by atoms with Crippen molar-refractivity contribution in [2.45, 2.75) is 25.3 Å². The Kier molecular flexibility index (Phi) is 4.13. The molecule has 0 atom stereocenters. The predicted octanol–water partition coefficient (Wildman–Crippen LogP) is 4.69. The van der Waals surface area contributed by atoms with Gasteiger partial charge in [-0.25, -0.2) is 15.0 Å². The molecule has 0 unspecified atom stereocenters. The smallest absolute Gasteiger partial charge is 0.296 e. The van der Waals surface area contributed by atoms with Crippen molar-refractivity contribution in [3.05, 3.63) is 57.8 Å². The summed E-state index contributed by atoms with van der Waals surface area (Å²) in [6, 6.07) is 13.2. The summed E-state index contributed by atoms with van der Waals surface area (Å²) < 4.78 is 9.24. The van der Waals surface area contributed by atoms with E-state index in [1.807, 2.05) is 24.3 Å². The fourth-order valence-corrected chi connectivity index (χ4v) is 4.32. The standard InChI is InChI=1S/C23H18ClN5O3/c1-28-20(21-25-14-7-2-3-8-16(14)29(21)13-5-4-6-13)27-18(19(30)23(28)31)22-26-15-11-12(24)9-10-17(15)32-22/h2-3,7-11,13,30H,4-6H2,1H3. The molecule has 6 rings (SSSR count). The van der Waals surface area contributed by atoms with E-state index in [9.17, 15) is 9.90 Å². The van der Waals surface area contributed by atoms with Gasteiger partial charge >= 0.3 is 0 Å². The zero-order chi connectivity index (χ0) is 22.0. The van der Waals surface area contributed by atoms with Gasteiger partial charge in [-0.15, -0.1) is 0 Å². The Bertz CT molecular complexity index is 1580. The van der Waals surface area contributed by atoms with Crippen molar-refractivity contribution in [3.8, 4) is 29.0 Å². The molecular formula is C23H18ClN5O3. The number of aromatic nitrogens is 5. The zero-order valence-electron chi connectivity index (χ0n) is 17.1. The highest BCUT2D eigenvalue weighted by atomic mass is 35.5. The number of fused-ring (bicyclic) bond motifs is 2. The van der Waals surface area contributed by atoms with Gasteiger partial charge in [-0.2, -0.15) is 0 Å². The summed E-state index contributed by atoms with van der Waals surface area (Å²) in [6.45, 7) is 0. The molecule has 0 bridgehead atoms. The van der Waals surface area contributed by atoms with Crippen LogP contribution in [0, 0.1) is 0 Å². The first kappa shape index (κ1) is 19.1. The molecule has 1 fully saturated rings. The number of hydrogen-bond donors (Lipinski definition) is 1. The molecule has 1 aliphatic carbocycles. The van der Waals surface area contributed by atoms with E-state index in [1.54, 1.807) is 25.2 Å². The second-order valence-corrected chi connectivity index (χ2v) is 8.44. The van der Waals surface area contributed by atoms with Crippen molar-refractivity contribution in [3.63, 3.8) is 0 Å². The molecule has 5 aromatic rings. The third-order valence-electron chi connectivity index (χ3n) is 6.05. The van der Waals surface area contributed by atoms with Gasteiger partial charge in [0.25, 0.3) is 5.56 Å². The second-order valence-electron chi connectivity index (χ2n) is 8.01. The number of oxazole rings is 1. The Labute approximate surface area is 186 Å². The Balaban J connectivity index is 1.61. The van der Waals surface area contributed by atoms with E-state index in [0.29, 0.717) is 27.8 Å². The molecule has 9 heteroatoms. The van der Waals surface area contributed by atoms with Crippen LogP contribution in [-0.2, 0) is 7.05 Å². The lowest BCUT2D eigenvalue weighted by atomic mass is 9.92. The van der Waals surface area contributed by atoms with E-state index >= 15 is 0 Å². The molecule has 3 heterocycles. The summed E-state index contributed by atoms with van der Waals surface area (Å²) in [6.07, 6.45) is 3.23. The Morgan fingerprint density at radius 2 is 1.88 bits per heavy atom. The zero-order valence-corrected chi connectivity index (χ0v) is 17.9. The van der Waals surface area contributed by atoms with Crippen LogP contribution in [0.25, 0.3) is 45.4 Å². The largest absolute Gasteiger partial charge is 0.501 e. The first-order valence-corrected chi connectivity index (χ1v) is 10.7. The minimum Gasteiger partial charge on any atom is -0.501 e. The van der Waals surface area contributed by atoms with Gasteiger partial charge in [0.15, 0.2) is 22.9 Å². The normalized spacial score (nSPS) is 14.3. The van der Waals surface area contributed by atoms with Crippen LogP contribution < -0.4 is 5.56 Å². The fraction of sp³-hybridized carbons (Fsp3) is 0.217. The Morgan fingerprint density at radius 3 is 2.66 bits per heavy atom. The SMILES string of the molecule is Cn1c(-c2nc3ccccc3n2C2CCC2)nc(-c2nc3cc(Cl)ccc3o2)c(O)c1=O. The van der Waals surface area contributed by atoms with E-state index in [-0.39, 0.29) is 17.6 Å². The van der Waals surface area contributed by atoms with Gasteiger partial charge in [0.2, 0.25) is 11.6 Å². The summed E-state index contributed by atoms with van der Waals surface area (Å²) in [5.74, 6) is 0.437. The topological polar surface area (TPSA) is 99.0 Å². The Hall–Kier alpha value is -3.65. The van der Waals surface area contributed by atoms with Crippen LogP contribution in [0.4, 0.5) is 0 Å². The van der Waals surface area contributed by atoms with Gasteiger partial charge in [-0.3, -0.25) is 9.36 Å². The molecule has 0 spiro atoms. The number of benzene rings is 2. The maximum atomic E-state index is 13.0. The molecule has 0 radical (unpaired) electrons. The molecule has 1 aliphatic rings. The van der Waals surface area contributed by atoms with E-state index in [1.165, 1.54) is 4.57 Å². The monoisotopic (exact) mass is 447 g/mol. The third-order valence-corrected chi connectivity index (χ3v) is 6.29. The van der Waals surface area contributed by atoms with E-state index < -0.39 is 11.3 Å². The van der Waals surface area contributed by atoms with Crippen molar-refractivity contribution in [1.82, 2.24) is 24.1 Å². The number of para-hydroxylation sites is 2. The molecule has 3 aromatic heterocycles. The van der Waals surface area contributed by atoms with Crippen LogP contribution in [-0.4, -0.2) is 29.2 Å². The lowest BCUT2D eigenvalue weighted by molar-refractivity contribution is 0.322. The molecular weight excluding hydrogens is 430 g/mol. The quantitative estimate of drug-likeness (QED) is 0.430. The van der Waals surface area contributed by atoms with Crippen molar-refractivity contribution in [2.24, 2.45) is 7.05 Å². The lowest BCUT2D eigenvalue weighted by Crippen LogP contribution is -2.24. The van der Waals surface area contributed by atoms with E-state index in [0.717, 1.165) is 30.3 Å². The van der Waals surface area contributed by atoms with Crippen molar-refractivity contribution < 1.29 is 9.52 Å². The maximum absolute atomic E-state index is 13.0. The van der Waals surface area contributed by atoms with Crippen molar-refractivity contribution >= 4 is 33.7 Å². The van der Waals surface area contributed by atoms with Gasteiger partial charge in [0.1, 0.15) is 5.52 Å². The second kappa shape index (κ2) is 6.93. The molecule has 0 amide bonds. The highest BCUT2D eigenvalue weighted by Crippen LogP contribution is 2.38. The minimum atomic E-state index is -0.600. The van der Waals surface area contributed by atoms with Gasteiger partial charge in [0.05, 0.1) is 11.0 Å². The van der Waals surface area contributed by atoms with Gasteiger partial charge in [-0.05, 0) is 49.6 Å². The van der Waals surface area contributed by atoms with Crippen LogP contribution in [0.3, 0.4) is 0 Å².